The molecule has 0 aliphatic heterocycles. The molecule has 0 heterocycles. The number of hydrogen-bond donors (Lipinski definition) is 1. The van der Waals surface area contributed by atoms with Crippen molar-refractivity contribution in [3.63, 3.8) is 0 Å². The van der Waals surface area contributed by atoms with Crippen molar-refractivity contribution < 1.29 is 22.4 Å². The number of hydrogen-bond acceptors (Lipinski definition) is 4. The van der Waals surface area contributed by atoms with Gasteiger partial charge in [0.2, 0.25) is 11.8 Å². The van der Waals surface area contributed by atoms with E-state index in [9.17, 15) is 22.4 Å². The first kappa shape index (κ1) is 30.5. The summed E-state index contributed by atoms with van der Waals surface area (Å²) in [7, 11) is -4.28. The van der Waals surface area contributed by atoms with Crippen LogP contribution in [0.1, 0.15) is 23.6 Å². The van der Waals surface area contributed by atoms with Crippen molar-refractivity contribution in [3.8, 4) is 0 Å². The van der Waals surface area contributed by atoms with E-state index in [-0.39, 0.29) is 29.5 Å². The Labute approximate surface area is 246 Å². The van der Waals surface area contributed by atoms with E-state index < -0.39 is 34.3 Å². The van der Waals surface area contributed by atoms with E-state index in [1.807, 2.05) is 61.5 Å². The monoisotopic (exact) mass is 587 g/mol. The van der Waals surface area contributed by atoms with E-state index in [4.69, 9.17) is 0 Å². The van der Waals surface area contributed by atoms with Crippen LogP contribution < -0.4 is 9.62 Å². The molecule has 0 bridgehead atoms. The highest BCUT2D eigenvalue weighted by Crippen LogP contribution is 2.25. The number of carbonyl (C=O) groups excluding carboxylic acids is 2. The minimum Gasteiger partial charge on any atom is -0.355 e. The first-order valence-electron chi connectivity index (χ1n) is 13.7. The maximum Gasteiger partial charge on any atom is 0.264 e. The molecule has 4 aromatic rings. The summed E-state index contributed by atoms with van der Waals surface area (Å²) in [6, 6.07) is 28.8. The lowest BCUT2D eigenvalue weighted by molar-refractivity contribution is -0.140. The highest BCUT2D eigenvalue weighted by molar-refractivity contribution is 7.92. The van der Waals surface area contributed by atoms with E-state index in [1.165, 1.54) is 17.0 Å². The third-order valence-corrected chi connectivity index (χ3v) is 8.74. The van der Waals surface area contributed by atoms with Gasteiger partial charge in [-0.05, 0) is 66.9 Å². The molecule has 0 radical (unpaired) electrons. The van der Waals surface area contributed by atoms with Crippen LogP contribution in [0.3, 0.4) is 0 Å². The standard InChI is InChI=1S/C33H34FN3O4S/c1-3-35-33(39)31(22-26-13-6-4-7-14-26)36(23-27-15-11-10-12-25(27)2)32(38)24-37(29-16-8-5-9-17-29)42(40,41)30-20-18-28(34)19-21-30/h4-21,31H,3,22-24H2,1-2H3,(H,35,39). The highest BCUT2D eigenvalue weighted by Gasteiger charge is 2.34. The lowest BCUT2D eigenvalue weighted by atomic mass is 10.0. The molecular formula is C33H34FN3O4S. The van der Waals surface area contributed by atoms with Crippen LogP contribution in [-0.2, 0) is 32.6 Å². The predicted molar refractivity (Wildman–Crippen MR) is 162 cm³/mol. The van der Waals surface area contributed by atoms with Crippen molar-refractivity contribution in [2.24, 2.45) is 0 Å². The summed E-state index contributed by atoms with van der Waals surface area (Å²) in [5.41, 5.74) is 2.89. The summed E-state index contributed by atoms with van der Waals surface area (Å²) in [5.74, 6) is -1.47. The number of nitrogens with one attached hydrogen (secondary N) is 1. The molecule has 0 saturated carbocycles. The second kappa shape index (κ2) is 13.9. The second-order valence-electron chi connectivity index (χ2n) is 9.85. The van der Waals surface area contributed by atoms with Crippen molar-refractivity contribution in [1.29, 1.82) is 0 Å². The third-order valence-electron chi connectivity index (χ3n) is 6.95. The Kier molecular flexibility index (Phi) is 10.1. The van der Waals surface area contributed by atoms with Gasteiger partial charge >= 0.3 is 0 Å². The van der Waals surface area contributed by atoms with Crippen molar-refractivity contribution in [3.05, 3.63) is 132 Å². The molecule has 0 aliphatic carbocycles. The molecule has 4 rings (SSSR count). The minimum absolute atomic E-state index is 0.0966. The van der Waals surface area contributed by atoms with Crippen molar-refractivity contribution in [1.82, 2.24) is 10.2 Å². The lowest BCUT2D eigenvalue weighted by Gasteiger charge is -2.34. The van der Waals surface area contributed by atoms with Crippen LogP contribution in [0.15, 0.2) is 114 Å². The van der Waals surface area contributed by atoms with E-state index in [2.05, 4.69) is 5.32 Å². The van der Waals surface area contributed by atoms with Gasteiger partial charge in [-0.3, -0.25) is 13.9 Å². The van der Waals surface area contributed by atoms with Crippen LogP contribution in [0.2, 0.25) is 0 Å². The number of para-hydroxylation sites is 1. The molecule has 218 valence electrons. The molecule has 2 amide bonds. The fourth-order valence-corrected chi connectivity index (χ4v) is 6.09. The fraction of sp³-hybridized carbons (Fsp3) is 0.212. The minimum atomic E-state index is -4.28. The molecule has 1 atom stereocenters. The zero-order valence-corrected chi connectivity index (χ0v) is 24.4. The molecule has 1 N–H and O–H groups in total. The molecule has 9 heteroatoms. The molecule has 7 nitrogen and oxygen atoms in total. The Morgan fingerprint density at radius 1 is 0.833 bits per heavy atom. The molecule has 0 aromatic heterocycles. The zero-order chi connectivity index (χ0) is 30.1. The van der Waals surface area contributed by atoms with Gasteiger partial charge < -0.3 is 10.2 Å². The second-order valence-corrected chi connectivity index (χ2v) is 11.7. The lowest BCUT2D eigenvalue weighted by Crippen LogP contribution is -2.53. The first-order chi connectivity index (χ1) is 20.2. The summed E-state index contributed by atoms with van der Waals surface area (Å²) >= 11 is 0. The third kappa shape index (κ3) is 7.41. The maximum absolute atomic E-state index is 14.3. The largest absolute Gasteiger partial charge is 0.355 e. The van der Waals surface area contributed by atoms with Crippen LogP contribution in [0.25, 0.3) is 0 Å². The number of aryl methyl sites for hydroxylation is 1. The molecule has 0 spiro atoms. The molecule has 0 fully saturated rings. The Bertz CT molecular complexity index is 1600. The topological polar surface area (TPSA) is 86.8 Å². The number of benzene rings is 4. The van der Waals surface area contributed by atoms with Crippen LogP contribution in [0.4, 0.5) is 10.1 Å². The summed E-state index contributed by atoms with van der Waals surface area (Å²) in [4.78, 5) is 29.1. The van der Waals surface area contributed by atoms with Crippen LogP contribution >= 0.6 is 0 Å². The Morgan fingerprint density at radius 3 is 2.05 bits per heavy atom. The number of sulfonamides is 1. The van der Waals surface area contributed by atoms with Gasteiger partial charge in [0.1, 0.15) is 18.4 Å². The van der Waals surface area contributed by atoms with E-state index >= 15 is 0 Å². The van der Waals surface area contributed by atoms with Gasteiger partial charge in [0, 0.05) is 19.5 Å². The maximum atomic E-state index is 14.3. The first-order valence-corrected chi connectivity index (χ1v) is 15.1. The summed E-state index contributed by atoms with van der Waals surface area (Å²) < 4.78 is 42.4. The number of amides is 2. The van der Waals surface area contributed by atoms with Gasteiger partial charge in [-0.15, -0.1) is 0 Å². The number of anilines is 1. The van der Waals surface area contributed by atoms with Crippen LogP contribution in [0, 0.1) is 12.7 Å². The Morgan fingerprint density at radius 2 is 1.43 bits per heavy atom. The molecule has 1 unspecified atom stereocenters. The Hall–Kier alpha value is -4.50. The number of nitrogens with zero attached hydrogens (tertiary/aromatic N) is 2. The number of likely N-dealkylation sites (N-methyl/N-ethyl adjacent to an activating group) is 1. The van der Waals surface area contributed by atoms with Crippen LogP contribution in [0.5, 0.6) is 0 Å². The Balaban J connectivity index is 1.78. The predicted octanol–water partition coefficient (Wildman–Crippen LogP) is 5.11. The van der Waals surface area contributed by atoms with Crippen molar-refractivity contribution >= 4 is 27.5 Å². The fourth-order valence-electron chi connectivity index (χ4n) is 4.67. The van der Waals surface area contributed by atoms with E-state index in [1.54, 1.807) is 37.3 Å². The average molecular weight is 588 g/mol. The van der Waals surface area contributed by atoms with Gasteiger partial charge in [-0.2, -0.15) is 0 Å². The molecular weight excluding hydrogens is 553 g/mol. The average Bonchev–Trinajstić information content (AvgIpc) is 2.99. The van der Waals surface area contributed by atoms with Gasteiger partial charge in [0.05, 0.1) is 10.6 Å². The number of halogens is 1. The smallest absolute Gasteiger partial charge is 0.264 e. The quantitative estimate of drug-likeness (QED) is 0.250. The SMILES string of the molecule is CCNC(=O)C(Cc1ccccc1)N(Cc1ccccc1C)C(=O)CN(c1ccccc1)S(=O)(=O)c1ccc(F)cc1. The summed E-state index contributed by atoms with van der Waals surface area (Å²) in [5, 5.41) is 2.85. The van der Waals surface area contributed by atoms with Gasteiger partial charge in [-0.1, -0.05) is 72.8 Å². The molecule has 0 aliphatic rings. The van der Waals surface area contributed by atoms with Crippen molar-refractivity contribution in [2.75, 3.05) is 17.4 Å². The van der Waals surface area contributed by atoms with Gasteiger partial charge in [0.25, 0.3) is 10.0 Å². The van der Waals surface area contributed by atoms with Gasteiger partial charge in [-0.25, -0.2) is 12.8 Å². The zero-order valence-electron chi connectivity index (χ0n) is 23.6. The van der Waals surface area contributed by atoms with E-state index in [0.29, 0.717) is 6.54 Å². The van der Waals surface area contributed by atoms with Crippen LogP contribution in [-0.4, -0.2) is 44.3 Å². The number of carbonyl (C=O) groups is 2. The normalized spacial score (nSPS) is 11.9. The van der Waals surface area contributed by atoms with Gasteiger partial charge in [0.15, 0.2) is 0 Å². The van der Waals surface area contributed by atoms with E-state index in [0.717, 1.165) is 33.1 Å². The molecule has 42 heavy (non-hydrogen) atoms. The molecule has 4 aromatic carbocycles. The summed E-state index contributed by atoms with van der Waals surface area (Å²) in [6.45, 7) is 3.62. The number of rotatable bonds is 12. The molecule has 0 saturated heterocycles. The summed E-state index contributed by atoms with van der Waals surface area (Å²) in [6.07, 6.45) is 0.236. The highest BCUT2D eigenvalue weighted by atomic mass is 32.2. The van der Waals surface area contributed by atoms with Crippen molar-refractivity contribution in [2.45, 2.75) is 37.8 Å².